The lowest BCUT2D eigenvalue weighted by molar-refractivity contribution is -0.140. The highest BCUT2D eigenvalue weighted by atomic mass is 35.5. The molecule has 1 N–H and O–H groups in total. The molecule has 11 heteroatoms. The van der Waals surface area contributed by atoms with E-state index in [0.29, 0.717) is 23.6 Å². The van der Waals surface area contributed by atoms with E-state index in [4.69, 9.17) is 34.8 Å². The van der Waals surface area contributed by atoms with Crippen molar-refractivity contribution in [2.45, 2.75) is 44.2 Å². The summed E-state index contributed by atoms with van der Waals surface area (Å²) in [6.45, 7) is 3.59. The van der Waals surface area contributed by atoms with Gasteiger partial charge >= 0.3 is 0 Å². The molecule has 7 nitrogen and oxygen atoms in total. The van der Waals surface area contributed by atoms with Crippen molar-refractivity contribution in [2.75, 3.05) is 17.4 Å². The van der Waals surface area contributed by atoms with Crippen LogP contribution in [0.25, 0.3) is 0 Å². The Kier molecular flexibility index (Phi) is 11.1. The van der Waals surface area contributed by atoms with Crippen LogP contribution in [0.1, 0.15) is 32.3 Å². The SMILES string of the molecule is CCCNC(=O)[C@H](CC)N(Cc1ccccc1Cl)C(=O)CN(c1ccc(Cl)c(Cl)c1)S(=O)(=O)c1ccccc1. The van der Waals surface area contributed by atoms with E-state index in [1.54, 1.807) is 49.4 Å². The summed E-state index contributed by atoms with van der Waals surface area (Å²) < 4.78 is 28.6. The summed E-state index contributed by atoms with van der Waals surface area (Å²) in [6, 6.07) is 18.3. The summed E-state index contributed by atoms with van der Waals surface area (Å²) in [5.41, 5.74) is 0.782. The molecule has 0 fully saturated rings. The van der Waals surface area contributed by atoms with Crippen molar-refractivity contribution < 1.29 is 18.0 Å². The zero-order valence-corrected chi connectivity index (χ0v) is 24.7. The monoisotopic (exact) mass is 609 g/mol. The molecule has 1 atom stereocenters. The van der Waals surface area contributed by atoms with Crippen molar-refractivity contribution in [1.29, 1.82) is 0 Å². The van der Waals surface area contributed by atoms with Gasteiger partial charge in [-0.3, -0.25) is 13.9 Å². The molecule has 0 spiro atoms. The Labute approximate surface area is 244 Å². The molecule has 0 aliphatic carbocycles. The van der Waals surface area contributed by atoms with Gasteiger partial charge in [0.15, 0.2) is 0 Å². The van der Waals surface area contributed by atoms with Crippen molar-refractivity contribution >= 4 is 62.3 Å². The lowest BCUT2D eigenvalue weighted by Gasteiger charge is -2.33. The van der Waals surface area contributed by atoms with Crippen LogP contribution in [0, 0.1) is 0 Å². The Morgan fingerprint density at radius 2 is 1.54 bits per heavy atom. The lowest BCUT2D eigenvalue weighted by Crippen LogP contribution is -2.52. The van der Waals surface area contributed by atoms with Crippen LogP contribution in [0.3, 0.4) is 0 Å². The van der Waals surface area contributed by atoms with Crippen LogP contribution in [0.5, 0.6) is 0 Å². The molecule has 2 amide bonds. The molecule has 0 aromatic heterocycles. The second-order valence-corrected chi connectivity index (χ2v) is 11.8. The number of hydrogen-bond donors (Lipinski definition) is 1. The smallest absolute Gasteiger partial charge is 0.264 e. The number of carbonyl (C=O) groups is 2. The molecular formula is C28H30Cl3N3O4S. The number of nitrogens with one attached hydrogen (secondary N) is 1. The molecule has 0 aliphatic heterocycles. The van der Waals surface area contributed by atoms with Gasteiger partial charge in [-0.2, -0.15) is 0 Å². The number of rotatable bonds is 12. The highest BCUT2D eigenvalue weighted by Gasteiger charge is 2.34. The van der Waals surface area contributed by atoms with Crippen molar-refractivity contribution in [3.05, 3.63) is 93.4 Å². The third-order valence-electron chi connectivity index (χ3n) is 6.03. The minimum absolute atomic E-state index is 0.00532. The molecule has 0 saturated heterocycles. The van der Waals surface area contributed by atoms with Gasteiger partial charge in [-0.15, -0.1) is 0 Å². The first-order chi connectivity index (χ1) is 18.6. The molecule has 0 saturated carbocycles. The number of halogens is 3. The summed E-state index contributed by atoms with van der Waals surface area (Å²) in [7, 11) is -4.20. The average Bonchev–Trinajstić information content (AvgIpc) is 2.93. The second-order valence-electron chi connectivity index (χ2n) is 8.75. The average molecular weight is 611 g/mol. The zero-order chi connectivity index (χ0) is 28.6. The van der Waals surface area contributed by atoms with Gasteiger partial charge < -0.3 is 10.2 Å². The third kappa shape index (κ3) is 7.66. The van der Waals surface area contributed by atoms with E-state index in [0.717, 1.165) is 10.7 Å². The number of hydrogen-bond acceptors (Lipinski definition) is 4. The molecule has 3 rings (SSSR count). The number of amides is 2. The van der Waals surface area contributed by atoms with Crippen LogP contribution in [0.15, 0.2) is 77.7 Å². The van der Waals surface area contributed by atoms with Gasteiger partial charge in [-0.05, 0) is 54.8 Å². The summed E-state index contributed by atoms with van der Waals surface area (Å²) in [5, 5.41) is 3.64. The maximum Gasteiger partial charge on any atom is 0.264 e. The first-order valence-electron chi connectivity index (χ1n) is 12.4. The van der Waals surface area contributed by atoms with Crippen molar-refractivity contribution in [1.82, 2.24) is 10.2 Å². The lowest BCUT2D eigenvalue weighted by atomic mass is 10.1. The number of nitrogens with zero attached hydrogens (tertiary/aromatic N) is 2. The summed E-state index contributed by atoms with van der Waals surface area (Å²) >= 11 is 18.7. The maximum absolute atomic E-state index is 14.0. The number of sulfonamides is 1. The van der Waals surface area contributed by atoms with Crippen LogP contribution in [-0.4, -0.2) is 44.3 Å². The molecule has 0 heterocycles. The number of benzene rings is 3. The quantitative estimate of drug-likeness (QED) is 0.266. The van der Waals surface area contributed by atoms with E-state index in [-0.39, 0.29) is 33.1 Å². The standard InChI is InChI=1S/C28H30Cl3N3O4S/c1-3-16-32-28(36)26(4-2)33(18-20-10-8-9-13-23(20)29)27(35)19-34(21-14-15-24(30)25(31)17-21)39(37,38)22-11-6-5-7-12-22/h5-15,17,26H,3-4,16,18-19H2,1-2H3,(H,32,36)/t26-/m0/s1. The van der Waals surface area contributed by atoms with Gasteiger partial charge in [-0.1, -0.05) is 85.0 Å². The van der Waals surface area contributed by atoms with Gasteiger partial charge in [0.1, 0.15) is 12.6 Å². The van der Waals surface area contributed by atoms with Gasteiger partial charge in [0.2, 0.25) is 11.8 Å². The number of anilines is 1. The van der Waals surface area contributed by atoms with Gasteiger partial charge in [0.25, 0.3) is 10.0 Å². The molecule has 0 radical (unpaired) electrons. The highest BCUT2D eigenvalue weighted by molar-refractivity contribution is 7.92. The van der Waals surface area contributed by atoms with Gasteiger partial charge in [-0.25, -0.2) is 8.42 Å². The normalized spacial score (nSPS) is 12.0. The molecule has 0 aliphatic rings. The molecule has 3 aromatic rings. The number of carbonyl (C=O) groups excluding carboxylic acids is 2. The van der Waals surface area contributed by atoms with Crippen LogP contribution in [0.2, 0.25) is 15.1 Å². The summed E-state index contributed by atoms with van der Waals surface area (Å²) in [6.07, 6.45) is 1.03. The maximum atomic E-state index is 14.0. The fraction of sp³-hybridized carbons (Fsp3) is 0.286. The second kappa shape index (κ2) is 14.0. The predicted octanol–water partition coefficient (Wildman–Crippen LogP) is 6.18. The zero-order valence-electron chi connectivity index (χ0n) is 21.6. The van der Waals surface area contributed by atoms with E-state index in [1.807, 2.05) is 6.92 Å². The van der Waals surface area contributed by atoms with Crippen molar-refractivity contribution in [3.8, 4) is 0 Å². The highest BCUT2D eigenvalue weighted by Crippen LogP contribution is 2.31. The molecule has 39 heavy (non-hydrogen) atoms. The molecule has 0 unspecified atom stereocenters. The topological polar surface area (TPSA) is 86.8 Å². The minimum Gasteiger partial charge on any atom is -0.354 e. The van der Waals surface area contributed by atoms with E-state index in [9.17, 15) is 18.0 Å². The van der Waals surface area contributed by atoms with E-state index in [1.165, 1.54) is 35.2 Å². The van der Waals surface area contributed by atoms with E-state index in [2.05, 4.69) is 5.32 Å². The van der Waals surface area contributed by atoms with E-state index >= 15 is 0 Å². The van der Waals surface area contributed by atoms with Crippen LogP contribution < -0.4 is 9.62 Å². The minimum atomic E-state index is -4.20. The largest absolute Gasteiger partial charge is 0.354 e. The predicted molar refractivity (Wildman–Crippen MR) is 157 cm³/mol. The third-order valence-corrected chi connectivity index (χ3v) is 8.93. The molecule has 3 aromatic carbocycles. The Balaban J connectivity index is 2.07. The summed E-state index contributed by atoms with van der Waals surface area (Å²) in [5.74, 6) is -0.911. The van der Waals surface area contributed by atoms with Crippen LogP contribution in [0.4, 0.5) is 5.69 Å². The van der Waals surface area contributed by atoms with E-state index < -0.39 is 28.5 Å². The van der Waals surface area contributed by atoms with Crippen molar-refractivity contribution in [3.63, 3.8) is 0 Å². The Morgan fingerprint density at radius 3 is 2.15 bits per heavy atom. The molecular weight excluding hydrogens is 581 g/mol. The van der Waals surface area contributed by atoms with Gasteiger partial charge in [0, 0.05) is 18.1 Å². The van der Waals surface area contributed by atoms with Crippen LogP contribution in [-0.2, 0) is 26.2 Å². The first-order valence-corrected chi connectivity index (χ1v) is 15.0. The fourth-order valence-electron chi connectivity index (χ4n) is 3.98. The summed E-state index contributed by atoms with van der Waals surface area (Å²) in [4.78, 5) is 28.5. The Hall–Kier alpha value is -2.78. The molecule has 0 bridgehead atoms. The Bertz CT molecular complexity index is 1400. The Morgan fingerprint density at radius 1 is 0.872 bits per heavy atom. The van der Waals surface area contributed by atoms with Gasteiger partial charge in [0.05, 0.1) is 20.6 Å². The van der Waals surface area contributed by atoms with Crippen LogP contribution >= 0.6 is 34.8 Å². The van der Waals surface area contributed by atoms with Crippen molar-refractivity contribution in [2.24, 2.45) is 0 Å². The first kappa shape index (κ1) is 30.8. The fourth-order valence-corrected chi connectivity index (χ4v) is 5.90. The molecule has 208 valence electrons.